The Morgan fingerprint density at radius 3 is 2.48 bits per heavy atom. The number of nitrogens with zero attached hydrogens (tertiary/aromatic N) is 1. The monoisotopic (exact) mass is 313 g/mol. The maximum absolute atomic E-state index is 12.6. The molecule has 0 saturated carbocycles. The highest BCUT2D eigenvalue weighted by atomic mass is 32.2. The Morgan fingerprint density at radius 1 is 1.33 bits per heavy atom. The van der Waals surface area contributed by atoms with Crippen LogP contribution in [-0.2, 0) is 10.0 Å². The molecule has 1 heterocycles. The summed E-state index contributed by atoms with van der Waals surface area (Å²) < 4.78 is 31.5. The highest BCUT2D eigenvalue weighted by Gasteiger charge is 2.29. The van der Waals surface area contributed by atoms with Gasteiger partial charge in [-0.05, 0) is 37.0 Å². The van der Waals surface area contributed by atoms with E-state index in [2.05, 4.69) is 6.92 Å². The second-order valence-electron chi connectivity index (χ2n) is 5.25. The average molecular weight is 313 g/mol. The number of aromatic carboxylic acids is 1. The summed E-state index contributed by atoms with van der Waals surface area (Å²) in [5, 5.41) is 9.14. The van der Waals surface area contributed by atoms with Crippen molar-refractivity contribution in [1.29, 1.82) is 0 Å². The third-order valence-electron chi connectivity index (χ3n) is 3.78. The van der Waals surface area contributed by atoms with Crippen molar-refractivity contribution < 1.29 is 23.1 Å². The minimum Gasteiger partial charge on any atom is -0.496 e. The van der Waals surface area contributed by atoms with Crippen molar-refractivity contribution in [2.24, 2.45) is 5.92 Å². The van der Waals surface area contributed by atoms with Gasteiger partial charge < -0.3 is 9.84 Å². The second kappa shape index (κ2) is 6.03. The maximum atomic E-state index is 12.6. The van der Waals surface area contributed by atoms with Crippen LogP contribution in [-0.4, -0.2) is 44.0 Å². The lowest BCUT2D eigenvalue weighted by Crippen LogP contribution is -2.37. The normalized spacial score (nSPS) is 17.6. The summed E-state index contributed by atoms with van der Waals surface area (Å²) in [7, 11) is -2.30. The van der Waals surface area contributed by atoms with Gasteiger partial charge in [-0.2, -0.15) is 4.31 Å². The van der Waals surface area contributed by atoms with Crippen LogP contribution in [0.2, 0.25) is 0 Å². The van der Waals surface area contributed by atoms with Gasteiger partial charge in [0.1, 0.15) is 11.3 Å². The molecule has 21 heavy (non-hydrogen) atoms. The van der Waals surface area contributed by atoms with E-state index in [4.69, 9.17) is 9.84 Å². The number of carboxylic acids is 1. The first-order chi connectivity index (χ1) is 9.86. The number of sulfonamides is 1. The van der Waals surface area contributed by atoms with Crippen molar-refractivity contribution in [3.8, 4) is 5.75 Å². The third-order valence-corrected chi connectivity index (χ3v) is 5.68. The van der Waals surface area contributed by atoms with E-state index in [1.807, 2.05) is 0 Å². The quantitative estimate of drug-likeness (QED) is 0.916. The summed E-state index contributed by atoms with van der Waals surface area (Å²) in [4.78, 5) is 11.2. The summed E-state index contributed by atoms with van der Waals surface area (Å²) >= 11 is 0. The zero-order chi connectivity index (χ0) is 15.6. The fourth-order valence-electron chi connectivity index (χ4n) is 2.39. The molecule has 1 aromatic rings. The lowest BCUT2D eigenvalue weighted by molar-refractivity contribution is 0.0693. The number of ether oxygens (including phenoxy) is 1. The van der Waals surface area contributed by atoms with Gasteiger partial charge in [0.05, 0.1) is 12.0 Å². The maximum Gasteiger partial charge on any atom is 0.339 e. The summed E-state index contributed by atoms with van der Waals surface area (Å²) in [5.74, 6) is -0.549. The summed E-state index contributed by atoms with van der Waals surface area (Å²) in [6.07, 6.45) is 1.64. The molecule has 0 radical (unpaired) electrons. The van der Waals surface area contributed by atoms with Crippen molar-refractivity contribution in [3.63, 3.8) is 0 Å². The van der Waals surface area contributed by atoms with Gasteiger partial charge in [-0.15, -0.1) is 0 Å². The van der Waals surface area contributed by atoms with Crippen LogP contribution in [0.15, 0.2) is 23.1 Å². The predicted octanol–water partition coefficient (Wildman–Crippen LogP) is 1.81. The van der Waals surface area contributed by atoms with Gasteiger partial charge >= 0.3 is 5.97 Å². The van der Waals surface area contributed by atoms with Gasteiger partial charge in [0, 0.05) is 13.1 Å². The van der Waals surface area contributed by atoms with Crippen LogP contribution >= 0.6 is 0 Å². The third kappa shape index (κ3) is 3.19. The van der Waals surface area contributed by atoms with E-state index in [1.54, 1.807) is 0 Å². The Labute approximate surface area is 124 Å². The fourth-order valence-corrected chi connectivity index (χ4v) is 3.89. The topological polar surface area (TPSA) is 83.9 Å². The number of benzene rings is 1. The molecule has 0 amide bonds. The average Bonchev–Trinajstić information content (AvgIpc) is 2.46. The SMILES string of the molecule is COc1ccc(S(=O)(=O)N2CCC(C)CC2)cc1C(=O)O. The molecule has 1 saturated heterocycles. The first kappa shape index (κ1) is 15.8. The summed E-state index contributed by atoms with van der Waals surface area (Å²) in [6.45, 7) is 3.04. The number of hydrogen-bond donors (Lipinski definition) is 1. The van der Waals surface area contributed by atoms with Crippen molar-refractivity contribution in [2.45, 2.75) is 24.7 Å². The van der Waals surface area contributed by atoms with Gasteiger partial charge in [-0.25, -0.2) is 13.2 Å². The molecule has 7 heteroatoms. The second-order valence-corrected chi connectivity index (χ2v) is 7.19. The first-order valence-corrected chi connectivity index (χ1v) is 8.21. The van der Waals surface area contributed by atoms with Gasteiger partial charge in [0.25, 0.3) is 0 Å². The summed E-state index contributed by atoms with van der Waals surface area (Å²) in [5.41, 5.74) is -0.149. The molecule has 0 aromatic heterocycles. The van der Waals surface area contributed by atoms with Crippen molar-refractivity contribution >= 4 is 16.0 Å². The molecule has 0 atom stereocenters. The zero-order valence-electron chi connectivity index (χ0n) is 12.1. The van der Waals surface area contributed by atoms with Gasteiger partial charge in [-0.1, -0.05) is 6.92 Å². The smallest absolute Gasteiger partial charge is 0.339 e. The van der Waals surface area contributed by atoms with E-state index in [1.165, 1.54) is 23.5 Å². The predicted molar refractivity (Wildman–Crippen MR) is 77.1 cm³/mol. The minimum atomic E-state index is -3.65. The van der Waals surface area contributed by atoms with Gasteiger partial charge in [-0.3, -0.25) is 0 Å². The molecule has 0 unspecified atom stereocenters. The van der Waals surface area contributed by atoms with Crippen LogP contribution in [0.25, 0.3) is 0 Å². The molecule has 0 bridgehead atoms. The molecule has 1 aromatic carbocycles. The Hall–Kier alpha value is -1.60. The molecule has 116 valence electrons. The number of rotatable bonds is 4. The molecule has 1 aliphatic rings. The molecular formula is C14H19NO5S. The largest absolute Gasteiger partial charge is 0.496 e. The van der Waals surface area contributed by atoms with Crippen molar-refractivity contribution in [3.05, 3.63) is 23.8 Å². The highest BCUT2D eigenvalue weighted by molar-refractivity contribution is 7.89. The minimum absolute atomic E-state index is 0.00440. The summed E-state index contributed by atoms with van der Waals surface area (Å²) in [6, 6.07) is 3.93. The Morgan fingerprint density at radius 2 is 1.95 bits per heavy atom. The number of hydrogen-bond acceptors (Lipinski definition) is 4. The van der Waals surface area contributed by atoms with E-state index in [0.717, 1.165) is 18.9 Å². The molecule has 0 aliphatic carbocycles. The van der Waals surface area contributed by atoms with E-state index in [9.17, 15) is 13.2 Å². The molecule has 0 spiro atoms. The number of carboxylic acid groups (broad SMARTS) is 1. The molecule has 6 nitrogen and oxygen atoms in total. The number of piperidine rings is 1. The highest BCUT2D eigenvalue weighted by Crippen LogP contribution is 2.27. The Bertz CT molecular complexity index is 633. The standard InChI is InChI=1S/C14H19NO5S/c1-10-5-7-15(8-6-10)21(18,19)11-3-4-13(20-2)12(9-11)14(16)17/h3-4,9-10H,5-8H2,1-2H3,(H,16,17). The van der Waals surface area contributed by atoms with E-state index in [-0.39, 0.29) is 16.2 Å². The molecule has 1 fully saturated rings. The van der Waals surface area contributed by atoms with E-state index in [0.29, 0.717) is 19.0 Å². The lowest BCUT2D eigenvalue weighted by atomic mass is 10.0. The van der Waals surface area contributed by atoms with Crippen molar-refractivity contribution in [1.82, 2.24) is 4.31 Å². The molecule has 1 N–H and O–H groups in total. The Kier molecular flexibility index (Phi) is 4.53. The zero-order valence-corrected chi connectivity index (χ0v) is 12.9. The first-order valence-electron chi connectivity index (χ1n) is 6.77. The van der Waals surface area contributed by atoms with Crippen LogP contribution in [0.4, 0.5) is 0 Å². The van der Waals surface area contributed by atoms with Crippen LogP contribution in [0.5, 0.6) is 5.75 Å². The van der Waals surface area contributed by atoms with Crippen LogP contribution < -0.4 is 4.74 Å². The molecule has 1 aliphatic heterocycles. The fraction of sp³-hybridized carbons (Fsp3) is 0.500. The molecular weight excluding hydrogens is 294 g/mol. The number of methoxy groups -OCH3 is 1. The van der Waals surface area contributed by atoms with Crippen LogP contribution in [0, 0.1) is 5.92 Å². The van der Waals surface area contributed by atoms with Gasteiger partial charge in [0.2, 0.25) is 10.0 Å². The van der Waals surface area contributed by atoms with E-state index >= 15 is 0 Å². The van der Waals surface area contributed by atoms with Crippen LogP contribution in [0.3, 0.4) is 0 Å². The van der Waals surface area contributed by atoms with Crippen LogP contribution in [0.1, 0.15) is 30.1 Å². The van der Waals surface area contributed by atoms with E-state index < -0.39 is 16.0 Å². The van der Waals surface area contributed by atoms with Crippen molar-refractivity contribution in [2.75, 3.05) is 20.2 Å². The lowest BCUT2D eigenvalue weighted by Gasteiger charge is -2.29. The number of carbonyl (C=O) groups is 1. The molecule has 2 rings (SSSR count). The van der Waals surface area contributed by atoms with Gasteiger partial charge in [0.15, 0.2) is 0 Å². The Balaban J connectivity index is 2.36.